The van der Waals surface area contributed by atoms with Gasteiger partial charge >= 0.3 is 5.97 Å². The Morgan fingerprint density at radius 2 is 2.07 bits per heavy atom. The third-order valence-electron chi connectivity index (χ3n) is 2.46. The number of ether oxygens (including phenoxy) is 1. The Kier molecular flexibility index (Phi) is 4.14. The first kappa shape index (κ1) is 12.5. The van der Waals surface area contributed by atoms with E-state index >= 15 is 0 Å². The van der Waals surface area contributed by atoms with Crippen LogP contribution in [0.2, 0.25) is 0 Å². The average molecular weight is 213 g/mol. The maximum atomic E-state index is 11.6. The SMILES string of the molecule is CC(NCCC1CC1)C(=O)OC(C)(C)C. The zero-order valence-electron chi connectivity index (χ0n) is 10.3. The summed E-state index contributed by atoms with van der Waals surface area (Å²) in [7, 11) is 0. The number of esters is 1. The molecule has 3 nitrogen and oxygen atoms in total. The number of nitrogens with one attached hydrogen (secondary N) is 1. The molecule has 1 atom stereocenters. The molecule has 0 aromatic rings. The first-order valence-electron chi connectivity index (χ1n) is 5.85. The fourth-order valence-corrected chi connectivity index (χ4v) is 1.38. The van der Waals surface area contributed by atoms with E-state index in [0.717, 1.165) is 12.5 Å². The van der Waals surface area contributed by atoms with E-state index in [-0.39, 0.29) is 17.6 Å². The zero-order chi connectivity index (χ0) is 11.5. The van der Waals surface area contributed by atoms with E-state index < -0.39 is 0 Å². The third kappa shape index (κ3) is 5.78. The van der Waals surface area contributed by atoms with Crippen molar-refractivity contribution in [2.45, 2.75) is 58.6 Å². The van der Waals surface area contributed by atoms with Crippen LogP contribution in [0.4, 0.5) is 0 Å². The molecule has 1 N–H and O–H groups in total. The summed E-state index contributed by atoms with van der Waals surface area (Å²) in [6, 6.07) is -0.192. The second kappa shape index (κ2) is 4.97. The molecule has 1 rings (SSSR count). The van der Waals surface area contributed by atoms with Gasteiger partial charge in [-0.15, -0.1) is 0 Å². The topological polar surface area (TPSA) is 38.3 Å². The van der Waals surface area contributed by atoms with Crippen molar-refractivity contribution in [1.29, 1.82) is 0 Å². The van der Waals surface area contributed by atoms with Crippen molar-refractivity contribution in [2.75, 3.05) is 6.54 Å². The van der Waals surface area contributed by atoms with E-state index in [0.29, 0.717) is 0 Å². The number of hydrogen-bond donors (Lipinski definition) is 1. The lowest BCUT2D eigenvalue weighted by atomic mass is 10.2. The first-order valence-corrected chi connectivity index (χ1v) is 5.85. The summed E-state index contributed by atoms with van der Waals surface area (Å²) in [6.07, 6.45) is 3.91. The summed E-state index contributed by atoms with van der Waals surface area (Å²) in [5.74, 6) is 0.752. The highest BCUT2D eigenvalue weighted by Crippen LogP contribution is 2.31. The monoisotopic (exact) mass is 213 g/mol. The van der Waals surface area contributed by atoms with Gasteiger partial charge in [0.2, 0.25) is 0 Å². The van der Waals surface area contributed by atoms with Crippen molar-refractivity contribution in [1.82, 2.24) is 5.32 Å². The van der Waals surface area contributed by atoms with Gasteiger partial charge in [-0.1, -0.05) is 12.8 Å². The lowest BCUT2D eigenvalue weighted by molar-refractivity contribution is -0.156. The Morgan fingerprint density at radius 3 is 2.53 bits per heavy atom. The van der Waals surface area contributed by atoms with Crippen molar-refractivity contribution in [3.05, 3.63) is 0 Å². The molecule has 0 aromatic heterocycles. The molecule has 0 heterocycles. The summed E-state index contributed by atoms with van der Waals surface area (Å²) in [5.41, 5.74) is -0.385. The summed E-state index contributed by atoms with van der Waals surface area (Å²) >= 11 is 0. The quantitative estimate of drug-likeness (QED) is 0.711. The Balaban J connectivity index is 2.13. The number of carbonyl (C=O) groups is 1. The van der Waals surface area contributed by atoms with Crippen molar-refractivity contribution in [2.24, 2.45) is 5.92 Å². The van der Waals surface area contributed by atoms with Gasteiger partial charge in [-0.05, 0) is 46.6 Å². The zero-order valence-corrected chi connectivity index (χ0v) is 10.3. The second-order valence-electron chi connectivity index (χ2n) is 5.44. The van der Waals surface area contributed by atoms with Crippen LogP contribution < -0.4 is 5.32 Å². The molecule has 1 fully saturated rings. The molecule has 1 saturated carbocycles. The number of hydrogen-bond acceptors (Lipinski definition) is 3. The third-order valence-corrected chi connectivity index (χ3v) is 2.46. The molecule has 3 heteroatoms. The Labute approximate surface area is 92.6 Å². The largest absolute Gasteiger partial charge is 0.459 e. The smallest absolute Gasteiger partial charge is 0.323 e. The molecule has 0 saturated heterocycles. The molecule has 0 aromatic carbocycles. The minimum absolute atomic E-state index is 0.154. The van der Waals surface area contributed by atoms with E-state index in [1.807, 2.05) is 27.7 Å². The summed E-state index contributed by atoms with van der Waals surface area (Å²) in [5, 5.41) is 3.20. The fourth-order valence-electron chi connectivity index (χ4n) is 1.38. The molecule has 1 aliphatic carbocycles. The van der Waals surface area contributed by atoms with Crippen LogP contribution in [0.1, 0.15) is 47.0 Å². The van der Waals surface area contributed by atoms with Gasteiger partial charge < -0.3 is 10.1 Å². The van der Waals surface area contributed by atoms with Crippen LogP contribution >= 0.6 is 0 Å². The molecule has 1 unspecified atom stereocenters. The van der Waals surface area contributed by atoms with Gasteiger partial charge in [-0.25, -0.2) is 0 Å². The molecule has 0 amide bonds. The summed E-state index contributed by atoms with van der Waals surface area (Å²) < 4.78 is 5.27. The minimum atomic E-state index is -0.385. The lowest BCUT2D eigenvalue weighted by Gasteiger charge is -2.22. The van der Waals surface area contributed by atoms with Gasteiger partial charge in [-0.2, -0.15) is 0 Å². The molecule has 0 aliphatic heterocycles. The van der Waals surface area contributed by atoms with Gasteiger partial charge in [0.1, 0.15) is 11.6 Å². The molecular weight excluding hydrogens is 190 g/mol. The predicted octanol–water partition coefficient (Wildman–Crippen LogP) is 2.11. The van der Waals surface area contributed by atoms with Crippen LogP contribution in [0.15, 0.2) is 0 Å². The Hall–Kier alpha value is -0.570. The van der Waals surface area contributed by atoms with Gasteiger partial charge in [0.05, 0.1) is 0 Å². The van der Waals surface area contributed by atoms with Crippen molar-refractivity contribution in [3.63, 3.8) is 0 Å². The molecule has 88 valence electrons. The normalized spacial score (nSPS) is 18.7. The van der Waals surface area contributed by atoms with Gasteiger partial charge in [0.15, 0.2) is 0 Å². The van der Waals surface area contributed by atoms with Crippen molar-refractivity contribution in [3.8, 4) is 0 Å². The average Bonchev–Trinajstić information content (AvgIpc) is 2.84. The summed E-state index contributed by atoms with van der Waals surface area (Å²) in [6.45, 7) is 8.46. The van der Waals surface area contributed by atoms with E-state index in [1.54, 1.807) is 0 Å². The molecule has 1 aliphatic rings. The van der Waals surface area contributed by atoms with Crippen LogP contribution in [0, 0.1) is 5.92 Å². The maximum absolute atomic E-state index is 11.6. The van der Waals surface area contributed by atoms with Gasteiger partial charge in [0.25, 0.3) is 0 Å². The van der Waals surface area contributed by atoms with E-state index in [2.05, 4.69) is 5.32 Å². The highest BCUT2D eigenvalue weighted by molar-refractivity contribution is 5.75. The maximum Gasteiger partial charge on any atom is 0.323 e. The standard InChI is InChI=1S/C12H23NO2/c1-9(11(14)15-12(2,3)4)13-8-7-10-5-6-10/h9-10,13H,5-8H2,1-4H3. The van der Waals surface area contributed by atoms with Crippen LogP contribution in [-0.4, -0.2) is 24.2 Å². The fraction of sp³-hybridized carbons (Fsp3) is 0.917. The second-order valence-corrected chi connectivity index (χ2v) is 5.44. The molecule has 0 bridgehead atoms. The highest BCUT2D eigenvalue weighted by Gasteiger charge is 2.23. The molecular formula is C12H23NO2. The molecule has 15 heavy (non-hydrogen) atoms. The van der Waals surface area contributed by atoms with Crippen molar-refractivity contribution >= 4 is 5.97 Å². The predicted molar refractivity (Wildman–Crippen MR) is 60.7 cm³/mol. The Bertz CT molecular complexity index is 216. The van der Waals surface area contributed by atoms with E-state index in [4.69, 9.17) is 4.74 Å². The van der Waals surface area contributed by atoms with Gasteiger partial charge in [0, 0.05) is 0 Å². The molecule has 0 radical (unpaired) electrons. The highest BCUT2D eigenvalue weighted by atomic mass is 16.6. The number of rotatable bonds is 5. The van der Waals surface area contributed by atoms with Gasteiger partial charge in [-0.3, -0.25) is 4.79 Å². The van der Waals surface area contributed by atoms with E-state index in [9.17, 15) is 4.79 Å². The number of carbonyl (C=O) groups excluding carboxylic acids is 1. The first-order chi connectivity index (χ1) is 6.88. The van der Waals surface area contributed by atoms with Crippen LogP contribution in [0.25, 0.3) is 0 Å². The Morgan fingerprint density at radius 1 is 1.47 bits per heavy atom. The lowest BCUT2D eigenvalue weighted by Crippen LogP contribution is -2.39. The minimum Gasteiger partial charge on any atom is -0.459 e. The molecule has 0 spiro atoms. The van der Waals surface area contributed by atoms with Crippen molar-refractivity contribution < 1.29 is 9.53 Å². The van der Waals surface area contributed by atoms with Crippen LogP contribution in [0.3, 0.4) is 0 Å². The van der Waals surface area contributed by atoms with Crippen LogP contribution in [-0.2, 0) is 9.53 Å². The summed E-state index contributed by atoms with van der Waals surface area (Å²) in [4.78, 5) is 11.6. The van der Waals surface area contributed by atoms with Crippen LogP contribution in [0.5, 0.6) is 0 Å². The van der Waals surface area contributed by atoms with E-state index in [1.165, 1.54) is 19.3 Å².